The highest BCUT2D eigenvalue weighted by atomic mass is 16.3. The summed E-state index contributed by atoms with van der Waals surface area (Å²) < 4.78 is 0. The second-order valence-corrected chi connectivity index (χ2v) is 6.08. The van der Waals surface area contributed by atoms with Crippen LogP contribution in [-0.4, -0.2) is 10.9 Å². The molecule has 0 aromatic heterocycles. The molecule has 0 radical (unpaired) electrons. The molecule has 0 spiro atoms. The molecule has 0 saturated carbocycles. The van der Waals surface area contributed by atoms with Gasteiger partial charge in [-0.2, -0.15) is 0 Å². The van der Waals surface area contributed by atoms with Crippen LogP contribution in [0.5, 0.6) is 5.75 Å². The van der Waals surface area contributed by atoms with E-state index in [-0.39, 0.29) is 11.5 Å². The minimum atomic E-state index is -0.713. The quantitative estimate of drug-likeness (QED) is 0.680. The molecule has 0 atom stereocenters. The summed E-state index contributed by atoms with van der Waals surface area (Å²) in [4.78, 5) is 13.2. The maximum Gasteiger partial charge on any atom is 0.170 e. The second-order valence-electron chi connectivity index (χ2n) is 6.08. The van der Waals surface area contributed by atoms with Crippen LogP contribution in [0.4, 0.5) is 0 Å². The summed E-state index contributed by atoms with van der Waals surface area (Å²) in [5.74, 6) is 0.313. The summed E-state index contributed by atoms with van der Waals surface area (Å²) in [6, 6.07) is 3.52. The SMILES string of the molecule is C=CCC1=Cc2c(ccc(O)c2CC=C)C(CC=C)(CC=C)C1=O. The number of carbonyl (C=O) groups is 1. The fourth-order valence-electron chi connectivity index (χ4n) is 3.55. The van der Waals surface area contributed by atoms with Crippen LogP contribution in [0.3, 0.4) is 0 Å². The molecule has 1 aliphatic rings. The minimum Gasteiger partial charge on any atom is -0.508 e. The van der Waals surface area contributed by atoms with Gasteiger partial charge in [0.1, 0.15) is 5.75 Å². The lowest BCUT2D eigenvalue weighted by Crippen LogP contribution is -2.39. The molecular formula is C22H24O2. The lowest BCUT2D eigenvalue weighted by Gasteiger charge is -2.37. The van der Waals surface area contributed by atoms with Gasteiger partial charge < -0.3 is 5.11 Å². The maximum atomic E-state index is 13.2. The van der Waals surface area contributed by atoms with Gasteiger partial charge in [0.2, 0.25) is 0 Å². The Kier molecular flexibility index (Phi) is 5.40. The van der Waals surface area contributed by atoms with Crippen LogP contribution >= 0.6 is 0 Å². The first-order chi connectivity index (χ1) is 11.6. The Labute approximate surface area is 144 Å². The van der Waals surface area contributed by atoms with Crippen molar-refractivity contribution in [2.45, 2.75) is 31.1 Å². The van der Waals surface area contributed by atoms with Crippen LogP contribution in [0.1, 0.15) is 36.0 Å². The first-order valence-corrected chi connectivity index (χ1v) is 8.10. The van der Waals surface area contributed by atoms with Crippen LogP contribution in [0.2, 0.25) is 0 Å². The largest absolute Gasteiger partial charge is 0.508 e. The van der Waals surface area contributed by atoms with Gasteiger partial charge in [-0.15, -0.1) is 26.3 Å². The van der Waals surface area contributed by atoms with E-state index in [0.717, 1.165) is 16.7 Å². The lowest BCUT2D eigenvalue weighted by molar-refractivity contribution is -0.121. The number of aromatic hydroxyl groups is 1. The van der Waals surface area contributed by atoms with Crippen molar-refractivity contribution in [1.29, 1.82) is 0 Å². The first-order valence-electron chi connectivity index (χ1n) is 8.10. The minimum absolute atomic E-state index is 0.0879. The summed E-state index contributed by atoms with van der Waals surface area (Å²) >= 11 is 0. The Morgan fingerprint density at radius 3 is 2.12 bits per heavy atom. The maximum absolute atomic E-state index is 13.2. The highest BCUT2D eigenvalue weighted by molar-refractivity contribution is 6.10. The Bertz CT molecular complexity index is 725. The fraction of sp³-hybridized carbons (Fsp3) is 0.227. The Hall–Kier alpha value is -2.61. The van der Waals surface area contributed by atoms with Crippen molar-refractivity contribution >= 4 is 11.9 Å². The Balaban J connectivity index is 2.84. The van der Waals surface area contributed by atoms with Crippen LogP contribution in [-0.2, 0) is 16.6 Å². The summed E-state index contributed by atoms with van der Waals surface area (Å²) in [6.07, 6.45) is 11.0. The van der Waals surface area contributed by atoms with E-state index in [1.165, 1.54) is 0 Å². The zero-order valence-electron chi connectivity index (χ0n) is 14.1. The molecule has 0 amide bonds. The van der Waals surface area contributed by atoms with Crippen molar-refractivity contribution in [2.75, 3.05) is 0 Å². The summed E-state index contributed by atoms with van der Waals surface area (Å²) in [5, 5.41) is 10.3. The normalized spacial score (nSPS) is 15.2. The van der Waals surface area contributed by atoms with E-state index >= 15 is 0 Å². The van der Waals surface area contributed by atoms with Gasteiger partial charge in [0.25, 0.3) is 0 Å². The lowest BCUT2D eigenvalue weighted by atomic mass is 9.64. The second kappa shape index (κ2) is 7.31. The van der Waals surface area contributed by atoms with E-state index in [4.69, 9.17) is 0 Å². The number of phenolic OH excluding ortho intramolecular Hbond substituents is 1. The predicted molar refractivity (Wildman–Crippen MR) is 101 cm³/mol. The van der Waals surface area contributed by atoms with Crippen molar-refractivity contribution < 1.29 is 9.90 Å². The number of hydrogen-bond donors (Lipinski definition) is 1. The summed E-state index contributed by atoms with van der Waals surface area (Å²) in [5.41, 5.74) is 2.63. The summed E-state index contributed by atoms with van der Waals surface area (Å²) in [7, 11) is 0. The number of phenols is 1. The van der Waals surface area contributed by atoms with E-state index in [9.17, 15) is 9.90 Å². The van der Waals surface area contributed by atoms with Crippen LogP contribution in [0, 0.1) is 0 Å². The number of Topliss-reactive ketones (excluding diaryl/α,β-unsaturated/α-hetero) is 1. The van der Waals surface area contributed by atoms with Gasteiger partial charge in [0.05, 0.1) is 5.41 Å². The zero-order chi connectivity index (χ0) is 17.7. The number of allylic oxidation sites excluding steroid dienone is 5. The van der Waals surface area contributed by atoms with Crippen molar-refractivity contribution in [3.8, 4) is 5.75 Å². The third kappa shape index (κ3) is 2.80. The van der Waals surface area contributed by atoms with E-state index in [1.54, 1.807) is 30.4 Å². The van der Waals surface area contributed by atoms with E-state index in [1.807, 2.05) is 12.1 Å². The fourth-order valence-corrected chi connectivity index (χ4v) is 3.55. The van der Waals surface area contributed by atoms with Gasteiger partial charge in [-0.3, -0.25) is 4.79 Å². The van der Waals surface area contributed by atoms with Gasteiger partial charge in [0.15, 0.2) is 5.78 Å². The molecule has 2 nitrogen and oxygen atoms in total. The molecule has 0 aliphatic heterocycles. The molecule has 1 aliphatic carbocycles. The van der Waals surface area contributed by atoms with Crippen molar-refractivity contribution in [3.05, 3.63) is 85.0 Å². The van der Waals surface area contributed by atoms with Gasteiger partial charge in [0, 0.05) is 11.1 Å². The average molecular weight is 320 g/mol. The molecule has 24 heavy (non-hydrogen) atoms. The van der Waals surface area contributed by atoms with Gasteiger partial charge >= 0.3 is 0 Å². The average Bonchev–Trinajstić information content (AvgIpc) is 2.56. The monoisotopic (exact) mass is 320 g/mol. The molecule has 1 aromatic carbocycles. The summed E-state index contributed by atoms with van der Waals surface area (Å²) in [6.45, 7) is 15.2. The highest BCUT2D eigenvalue weighted by Gasteiger charge is 2.43. The molecule has 124 valence electrons. The molecule has 1 N–H and O–H groups in total. The molecule has 2 heteroatoms. The molecule has 2 rings (SSSR count). The van der Waals surface area contributed by atoms with Gasteiger partial charge in [-0.25, -0.2) is 0 Å². The molecule has 1 aromatic rings. The van der Waals surface area contributed by atoms with Crippen LogP contribution in [0.25, 0.3) is 6.08 Å². The molecule has 0 bridgehead atoms. The molecule has 0 unspecified atom stereocenters. The van der Waals surface area contributed by atoms with Crippen molar-refractivity contribution in [1.82, 2.24) is 0 Å². The molecule has 0 saturated heterocycles. The zero-order valence-corrected chi connectivity index (χ0v) is 14.1. The number of rotatable bonds is 8. The van der Waals surface area contributed by atoms with E-state index in [2.05, 4.69) is 26.3 Å². The van der Waals surface area contributed by atoms with Crippen LogP contribution < -0.4 is 0 Å². The molecule has 0 fully saturated rings. The smallest absolute Gasteiger partial charge is 0.170 e. The standard InChI is InChI=1S/C22H24O2/c1-5-9-16-15-18-17(10-6-2)20(23)12-11-19(18)22(13-7-3,14-8-4)21(16)24/h5-8,11-12,15,23H,1-4,9-10,13-14H2. The number of fused-ring (bicyclic) bond motifs is 1. The highest BCUT2D eigenvalue weighted by Crippen LogP contribution is 2.45. The van der Waals surface area contributed by atoms with Crippen LogP contribution in [0.15, 0.2) is 68.3 Å². The molecular weight excluding hydrogens is 296 g/mol. The Morgan fingerprint density at radius 1 is 0.958 bits per heavy atom. The third-order valence-corrected chi connectivity index (χ3v) is 4.59. The van der Waals surface area contributed by atoms with E-state index < -0.39 is 5.41 Å². The molecule has 0 heterocycles. The number of ketones is 1. The van der Waals surface area contributed by atoms with Gasteiger partial charge in [-0.05, 0) is 49.0 Å². The number of hydrogen-bond acceptors (Lipinski definition) is 2. The first kappa shape index (κ1) is 17.7. The Morgan fingerprint density at radius 2 is 1.58 bits per heavy atom. The number of carbonyl (C=O) groups excluding carboxylic acids is 1. The van der Waals surface area contributed by atoms with Crippen molar-refractivity contribution in [3.63, 3.8) is 0 Å². The number of benzene rings is 1. The third-order valence-electron chi connectivity index (χ3n) is 4.59. The van der Waals surface area contributed by atoms with Gasteiger partial charge in [-0.1, -0.05) is 30.4 Å². The predicted octanol–water partition coefficient (Wildman–Crippen LogP) is 5.05. The van der Waals surface area contributed by atoms with Crippen molar-refractivity contribution in [2.24, 2.45) is 0 Å². The van der Waals surface area contributed by atoms with E-state index in [0.29, 0.717) is 31.3 Å². The topological polar surface area (TPSA) is 37.3 Å².